The van der Waals surface area contributed by atoms with Crippen LogP contribution in [0.3, 0.4) is 0 Å². The molecule has 0 heterocycles. The molecule has 0 aromatic rings. The maximum absolute atomic E-state index is 11.8. The van der Waals surface area contributed by atoms with E-state index in [0.29, 0.717) is 32.7 Å². The number of ether oxygens (including phenoxy) is 3. The van der Waals surface area contributed by atoms with Gasteiger partial charge in [0.05, 0.1) is 13.2 Å². The molecule has 0 aromatic heterocycles. The molecule has 0 fully saturated rings. The van der Waals surface area contributed by atoms with Crippen LogP contribution in [0.4, 0.5) is 0 Å². The molecule has 5 nitrogen and oxygen atoms in total. The molecule has 0 amide bonds. The van der Waals surface area contributed by atoms with E-state index in [1.807, 2.05) is 0 Å². The zero-order valence-electron chi connectivity index (χ0n) is 20.6. The number of carbonyl (C=O) groups is 2. The maximum Gasteiger partial charge on any atom is 0.305 e. The third-order valence-corrected chi connectivity index (χ3v) is 5.57. The van der Waals surface area contributed by atoms with Crippen molar-refractivity contribution in [3.63, 3.8) is 0 Å². The second-order valence-electron chi connectivity index (χ2n) is 8.59. The minimum atomic E-state index is -0.141. The van der Waals surface area contributed by atoms with Gasteiger partial charge in [-0.15, -0.1) is 0 Å². The summed E-state index contributed by atoms with van der Waals surface area (Å²) in [5.74, 6) is -0.191. The monoisotopic (exact) mass is 442 g/mol. The van der Waals surface area contributed by atoms with E-state index < -0.39 is 0 Å². The smallest absolute Gasteiger partial charge is 0.305 e. The average Bonchev–Trinajstić information content (AvgIpc) is 2.76. The van der Waals surface area contributed by atoms with Crippen molar-refractivity contribution >= 4 is 11.9 Å². The Morgan fingerprint density at radius 2 is 0.871 bits per heavy atom. The van der Waals surface area contributed by atoms with Crippen molar-refractivity contribution in [3.8, 4) is 0 Å². The summed E-state index contributed by atoms with van der Waals surface area (Å²) in [7, 11) is 1.59. The van der Waals surface area contributed by atoms with Crippen LogP contribution in [0.1, 0.15) is 129 Å². The van der Waals surface area contributed by atoms with E-state index >= 15 is 0 Å². The summed E-state index contributed by atoms with van der Waals surface area (Å²) in [5.41, 5.74) is 0. The van der Waals surface area contributed by atoms with Crippen molar-refractivity contribution in [2.45, 2.75) is 129 Å². The molecule has 0 N–H and O–H groups in total. The minimum Gasteiger partial charge on any atom is -0.466 e. The molecule has 0 aliphatic heterocycles. The number of carbonyl (C=O) groups excluding carboxylic acids is 2. The molecule has 0 saturated carbocycles. The Balaban J connectivity index is 3.22. The first-order chi connectivity index (χ1) is 15.2. The van der Waals surface area contributed by atoms with Gasteiger partial charge in [0, 0.05) is 20.0 Å². The largest absolute Gasteiger partial charge is 0.466 e. The van der Waals surface area contributed by atoms with Crippen LogP contribution in [0.2, 0.25) is 0 Å². The molecule has 0 aromatic carbocycles. The second-order valence-corrected chi connectivity index (χ2v) is 8.59. The van der Waals surface area contributed by atoms with Crippen LogP contribution in [-0.2, 0) is 23.8 Å². The van der Waals surface area contributed by atoms with E-state index in [1.165, 1.54) is 64.2 Å². The van der Waals surface area contributed by atoms with Crippen molar-refractivity contribution in [2.75, 3.05) is 26.9 Å². The first-order valence-electron chi connectivity index (χ1n) is 13.0. The lowest BCUT2D eigenvalue weighted by Gasteiger charge is -2.06. The molecule has 0 atom stereocenters. The molecule has 5 heteroatoms. The molecule has 0 rings (SSSR count). The van der Waals surface area contributed by atoms with Crippen molar-refractivity contribution in [2.24, 2.45) is 0 Å². The molecule has 31 heavy (non-hydrogen) atoms. The molecule has 0 unspecified atom stereocenters. The molecule has 0 aliphatic carbocycles. The Hall–Kier alpha value is -1.10. The van der Waals surface area contributed by atoms with E-state index in [0.717, 1.165) is 44.9 Å². The summed E-state index contributed by atoms with van der Waals surface area (Å²) < 4.78 is 15.2. The quantitative estimate of drug-likeness (QED) is 0.117. The number of rotatable bonds is 24. The van der Waals surface area contributed by atoms with E-state index in [-0.39, 0.29) is 11.9 Å². The highest BCUT2D eigenvalue weighted by atomic mass is 16.6. The molecule has 0 spiro atoms. The first kappa shape index (κ1) is 29.9. The normalized spacial score (nSPS) is 10.9. The van der Waals surface area contributed by atoms with Gasteiger partial charge >= 0.3 is 11.9 Å². The molecular formula is C26H50O5. The predicted octanol–water partition coefficient (Wildman–Crippen LogP) is 7.15. The fourth-order valence-corrected chi connectivity index (χ4v) is 3.58. The molecule has 0 aliphatic rings. The van der Waals surface area contributed by atoms with Crippen LogP contribution in [0, 0.1) is 0 Å². The van der Waals surface area contributed by atoms with Crippen LogP contribution >= 0.6 is 0 Å². The van der Waals surface area contributed by atoms with E-state index in [9.17, 15) is 9.59 Å². The van der Waals surface area contributed by atoms with Crippen LogP contribution in [0.25, 0.3) is 0 Å². The fraction of sp³-hybridized carbons (Fsp3) is 0.923. The Labute approximate surface area is 192 Å². The molecule has 0 bridgehead atoms. The SMILES string of the molecule is CCCCCCCCCCCCCOC(=O)CCCCCCCCC(=O)OCCOC. The zero-order valence-corrected chi connectivity index (χ0v) is 20.6. The molecular weight excluding hydrogens is 392 g/mol. The van der Waals surface area contributed by atoms with Gasteiger partial charge in [0.1, 0.15) is 6.61 Å². The zero-order chi connectivity index (χ0) is 22.8. The van der Waals surface area contributed by atoms with Gasteiger partial charge in [-0.2, -0.15) is 0 Å². The lowest BCUT2D eigenvalue weighted by atomic mass is 10.1. The molecule has 0 radical (unpaired) electrons. The number of esters is 2. The summed E-state index contributed by atoms with van der Waals surface area (Å²) >= 11 is 0. The van der Waals surface area contributed by atoms with Crippen molar-refractivity contribution < 1.29 is 23.8 Å². The van der Waals surface area contributed by atoms with Gasteiger partial charge < -0.3 is 14.2 Å². The van der Waals surface area contributed by atoms with E-state index in [4.69, 9.17) is 14.2 Å². The summed E-state index contributed by atoms with van der Waals surface area (Å²) in [6.45, 7) is 3.63. The third kappa shape index (κ3) is 25.0. The third-order valence-electron chi connectivity index (χ3n) is 5.57. The fourth-order valence-electron chi connectivity index (χ4n) is 3.58. The van der Waals surface area contributed by atoms with Crippen LogP contribution in [-0.4, -0.2) is 38.9 Å². The standard InChI is InChI=1S/C26H50O5/c1-3-4-5-6-7-8-9-10-13-16-19-22-30-25(27)20-17-14-11-12-15-18-21-26(28)31-24-23-29-2/h3-24H2,1-2H3. The lowest BCUT2D eigenvalue weighted by Crippen LogP contribution is -2.09. The highest BCUT2D eigenvalue weighted by Gasteiger charge is 2.04. The summed E-state index contributed by atoms with van der Waals surface area (Å²) in [6, 6.07) is 0. The maximum atomic E-state index is 11.8. The minimum absolute atomic E-state index is 0.0501. The molecule has 184 valence electrons. The number of hydrogen-bond donors (Lipinski definition) is 0. The number of unbranched alkanes of at least 4 members (excludes halogenated alkanes) is 15. The van der Waals surface area contributed by atoms with Crippen LogP contribution in [0.5, 0.6) is 0 Å². The highest BCUT2D eigenvalue weighted by Crippen LogP contribution is 2.12. The number of methoxy groups -OCH3 is 1. The summed E-state index contributed by atoms with van der Waals surface area (Å²) in [4.78, 5) is 23.2. The van der Waals surface area contributed by atoms with Gasteiger partial charge in [0.15, 0.2) is 0 Å². The summed E-state index contributed by atoms with van der Waals surface area (Å²) in [5, 5.41) is 0. The van der Waals surface area contributed by atoms with Crippen LogP contribution in [0.15, 0.2) is 0 Å². The number of hydrogen-bond acceptors (Lipinski definition) is 5. The first-order valence-corrected chi connectivity index (χ1v) is 13.0. The van der Waals surface area contributed by atoms with Gasteiger partial charge in [-0.05, 0) is 19.3 Å². The molecule has 0 saturated heterocycles. The van der Waals surface area contributed by atoms with Gasteiger partial charge in [0.25, 0.3) is 0 Å². The Bertz CT molecular complexity index is 397. The predicted molar refractivity (Wildman–Crippen MR) is 127 cm³/mol. The average molecular weight is 443 g/mol. The van der Waals surface area contributed by atoms with Gasteiger partial charge in [0.2, 0.25) is 0 Å². The van der Waals surface area contributed by atoms with E-state index in [2.05, 4.69) is 6.92 Å². The van der Waals surface area contributed by atoms with Crippen molar-refractivity contribution in [1.29, 1.82) is 0 Å². The van der Waals surface area contributed by atoms with Crippen LogP contribution < -0.4 is 0 Å². The Morgan fingerprint density at radius 3 is 1.32 bits per heavy atom. The Morgan fingerprint density at radius 1 is 0.484 bits per heavy atom. The van der Waals surface area contributed by atoms with Gasteiger partial charge in [-0.1, -0.05) is 96.8 Å². The van der Waals surface area contributed by atoms with Gasteiger partial charge in [-0.3, -0.25) is 9.59 Å². The van der Waals surface area contributed by atoms with Gasteiger partial charge in [-0.25, -0.2) is 0 Å². The second kappa shape index (κ2) is 25.2. The van der Waals surface area contributed by atoms with Crippen molar-refractivity contribution in [3.05, 3.63) is 0 Å². The van der Waals surface area contributed by atoms with Crippen molar-refractivity contribution in [1.82, 2.24) is 0 Å². The lowest BCUT2D eigenvalue weighted by molar-refractivity contribution is -0.145. The van der Waals surface area contributed by atoms with E-state index in [1.54, 1.807) is 7.11 Å². The highest BCUT2D eigenvalue weighted by molar-refractivity contribution is 5.69. The topological polar surface area (TPSA) is 61.8 Å². The Kier molecular flexibility index (Phi) is 24.3. The summed E-state index contributed by atoms with van der Waals surface area (Å²) in [6.07, 6.45) is 21.4.